The molecule has 2 saturated heterocycles. The summed E-state index contributed by atoms with van der Waals surface area (Å²) in [5.74, 6) is 0.701. The quantitative estimate of drug-likeness (QED) is 0.406. The smallest absolute Gasteiger partial charge is 0.253 e. The Hall–Kier alpha value is -3.40. The fraction of sp³-hybridized carbons (Fsp3) is 0.448. The van der Waals surface area contributed by atoms with Crippen molar-refractivity contribution in [3.63, 3.8) is 0 Å². The number of H-pyrrole nitrogens is 1. The first kappa shape index (κ1) is 24.9. The summed E-state index contributed by atoms with van der Waals surface area (Å²) in [5.41, 5.74) is 5.04. The average Bonchev–Trinajstić information content (AvgIpc) is 3.59. The zero-order chi connectivity index (χ0) is 26.1. The molecule has 4 aromatic rings. The summed E-state index contributed by atoms with van der Waals surface area (Å²) in [4.78, 5) is 21.6. The molecule has 9 heteroatoms. The van der Waals surface area contributed by atoms with Gasteiger partial charge in [-0.15, -0.1) is 5.10 Å². The predicted octanol–water partition coefficient (Wildman–Crippen LogP) is 3.22. The molecule has 2 aromatic heterocycles. The lowest BCUT2D eigenvalue weighted by molar-refractivity contribution is 0.0840. The van der Waals surface area contributed by atoms with Crippen molar-refractivity contribution in [3.8, 4) is 0 Å². The lowest BCUT2D eigenvalue weighted by Crippen LogP contribution is -2.48. The maximum absolute atomic E-state index is 13.6. The maximum Gasteiger partial charge on any atom is 0.253 e. The number of nitrogens with zero attached hydrogens (tertiary/aromatic N) is 6. The topological polar surface area (TPSA) is 92.2 Å². The van der Waals surface area contributed by atoms with Gasteiger partial charge in [-0.05, 0) is 65.9 Å². The Morgan fingerprint density at radius 3 is 2.66 bits per heavy atom. The van der Waals surface area contributed by atoms with Crippen molar-refractivity contribution >= 4 is 10.9 Å². The number of aromatic nitrogens is 5. The third kappa shape index (κ3) is 5.14. The fourth-order valence-corrected chi connectivity index (χ4v) is 5.93. The van der Waals surface area contributed by atoms with Crippen LogP contribution in [0.25, 0.3) is 10.9 Å². The molecular weight excluding hydrogens is 478 g/mol. The number of piperazine rings is 1. The van der Waals surface area contributed by atoms with Crippen LogP contribution in [-0.4, -0.2) is 73.9 Å². The molecule has 4 heterocycles. The zero-order valence-corrected chi connectivity index (χ0v) is 22.1. The zero-order valence-electron chi connectivity index (χ0n) is 22.1. The van der Waals surface area contributed by atoms with Crippen molar-refractivity contribution in [2.75, 3.05) is 32.8 Å². The lowest BCUT2D eigenvalue weighted by Gasteiger charge is -2.38. The number of tetrazole rings is 1. The molecule has 38 heavy (non-hydrogen) atoms. The molecule has 6 rings (SSSR count). The van der Waals surface area contributed by atoms with Gasteiger partial charge < -0.3 is 9.72 Å². The highest BCUT2D eigenvalue weighted by Crippen LogP contribution is 2.30. The molecule has 0 saturated carbocycles. The van der Waals surface area contributed by atoms with E-state index >= 15 is 0 Å². The van der Waals surface area contributed by atoms with E-state index in [4.69, 9.17) is 4.74 Å². The number of aryl methyl sites for hydroxylation is 2. The van der Waals surface area contributed by atoms with Gasteiger partial charge in [-0.1, -0.05) is 36.4 Å². The Kier molecular flexibility index (Phi) is 7.06. The molecule has 0 bridgehead atoms. The Bertz CT molecular complexity index is 1450. The summed E-state index contributed by atoms with van der Waals surface area (Å²) in [5, 5.41) is 13.9. The van der Waals surface area contributed by atoms with Crippen molar-refractivity contribution in [3.05, 3.63) is 87.0 Å². The van der Waals surface area contributed by atoms with Gasteiger partial charge in [0.05, 0.1) is 12.6 Å². The van der Waals surface area contributed by atoms with Gasteiger partial charge in [0.15, 0.2) is 5.82 Å². The van der Waals surface area contributed by atoms with Crippen LogP contribution in [0.1, 0.15) is 47.0 Å². The van der Waals surface area contributed by atoms with E-state index < -0.39 is 0 Å². The van der Waals surface area contributed by atoms with Crippen LogP contribution < -0.4 is 5.56 Å². The van der Waals surface area contributed by atoms with Crippen LogP contribution in [-0.2, 0) is 17.8 Å². The van der Waals surface area contributed by atoms with Crippen LogP contribution in [0, 0.1) is 13.8 Å². The van der Waals surface area contributed by atoms with Crippen molar-refractivity contribution in [1.29, 1.82) is 0 Å². The molecule has 0 spiro atoms. The van der Waals surface area contributed by atoms with Gasteiger partial charge in [0.1, 0.15) is 6.04 Å². The molecule has 2 aliphatic rings. The van der Waals surface area contributed by atoms with E-state index in [1.54, 1.807) is 0 Å². The number of ether oxygens (including phenoxy) is 1. The Labute approximate surface area is 222 Å². The molecule has 0 aliphatic carbocycles. The molecule has 2 atom stereocenters. The first-order valence-electron chi connectivity index (χ1n) is 13.6. The maximum atomic E-state index is 13.6. The molecule has 2 fully saturated rings. The first-order chi connectivity index (χ1) is 18.5. The second-order valence-electron chi connectivity index (χ2n) is 10.7. The van der Waals surface area contributed by atoms with Crippen LogP contribution in [0.2, 0.25) is 0 Å². The van der Waals surface area contributed by atoms with Crippen molar-refractivity contribution in [2.24, 2.45) is 0 Å². The van der Waals surface area contributed by atoms with E-state index in [0.717, 1.165) is 74.2 Å². The number of hydrogen-bond donors (Lipinski definition) is 1. The van der Waals surface area contributed by atoms with Gasteiger partial charge >= 0.3 is 0 Å². The third-order valence-electron chi connectivity index (χ3n) is 7.86. The van der Waals surface area contributed by atoms with Crippen LogP contribution >= 0.6 is 0 Å². The Morgan fingerprint density at radius 2 is 1.89 bits per heavy atom. The number of nitrogens with one attached hydrogen (secondary N) is 1. The summed E-state index contributed by atoms with van der Waals surface area (Å²) in [7, 11) is 0. The van der Waals surface area contributed by atoms with E-state index in [1.165, 1.54) is 5.56 Å². The highest BCUT2D eigenvalue weighted by atomic mass is 16.5. The fourth-order valence-electron chi connectivity index (χ4n) is 5.93. The van der Waals surface area contributed by atoms with E-state index in [0.29, 0.717) is 17.9 Å². The highest BCUT2D eigenvalue weighted by Gasteiger charge is 2.33. The van der Waals surface area contributed by atoms with Gasteiger partial charge in [-0.2, -0.15) is 0 Å². The van der Waals surface area contributed by atoms with E-state index in [9.17, 15) is 4.79 Å². The van der Waals surface area contributed by atoms with Gasteiger partial charge in [0.2, 0.25) is 0 Å². The highest BCUT2D eigenvalue weighted by molar-refractivity contribution is 5.83. The minimum absolute atomic E-state index is 0.0918. The molecular formula is C29H35N7O2. The number of rotatable bonds is 7. The number of benzene rings is 2. The van der Waals surface area contributed by atoms with E-state index in [-0.39, 0.29) is 17.7 Å². The van der Waals surface area contributed by atoms with Crippen LogP contribution in [0.5, 0.6) is 0 Å². The van der Waals surface area contributed by atoms with Crippen LogP contribution in [0.15, 0.2) is 53.3 Å². The van der Waals surface area contributed by atoms with Gasteiger partial charge in [-0.25, -0.2) is 4.68 Å². The van der Waals surface area contributed by atoms with E-state index in [1.807, 2.05) is 10.7 Å². The van der Waals surface area contributed by atoms with Gasteiger partial charge in [-0.3, -0.25) is 14.6 Å². The largest absolute Gasteiger partial charge is 0.376 e. The second kappa shape index (κ2) is 10.8. The van der Waals surface area contributed by atoms with Gasteiger partial charge in [0, 0.05) is 55.8 Å². The van der Waals surface area contributed by atoms with Crippen molar-refractivity contribution in [1.82, 2.24) is 35.0 Å². The number of pyridine rings is 1. The Morgan fingerprint density at radius 1 is 1.08 bits per heavy atom. The molecule has 0 radical (unpaired) electrons. The summed E-state index contributed by atoms with van der Waals surface area (Å²) in [6.07, 6.45) is 2.15. The van der Waals surface area contributed by atoms with Crippen LogP contribution in [0.4, 0.5) is 0 Å². The minimum atomic E-state index is -0.348. The molecule has 198 valence electrons. The van der Waals surface area contributed by atoms with Crippen molar-refractivity contribution in [2.45, 2.75) is 51.9 Å². The third-order valence-corrected chi connectivity index (χ3v) is 7.86. The van der Waals surface area contributed by atoms with Crippen LogP contribution in [0.3, 0.4) is 0 Å². The summed E-state index contributed by atoms with van der Waals surface area (Å²) in [6.45, 7) is 9.87. The number of aromatic amines is 1. The molecule has 2 aliphatic heterocycles. The molecule has 1 N–H and O–H groups in total. The molecule has 9 nitrogen and oxygen atoms in total. The monoisotopic (exact) mass is 513 g/mol. The van der Waals surface area contributed by atoms with Crippen molar-refractivity contribution < 1.29 is 4.74 Å². The molecule has 2 aromatic carbocycles. The summed E-state index contributed by atoms with van der Waals surface area (Å²) < 4.78 is 7.74. The normalized spacial score (nSPS) is 19.8. The summed E-state index contributed by atoms with van der Waals surface area (Å²) in [6, 6.07) is 16.5. The number of hydrogen-bond acceptors (Lipinski definition) is 7. The standard InChI is InChI=1S/C29H35N7O2/c1-20-15-21(2)24-17-25(29(37)30-26(24)16-20)27(28-31-32-33-36(28)19-23-9-6-14-38-23)35-12-10-34(11-13-35)18-22-7-4-3-5-8-22/h3-5,7-8,15-17,23,27H,6,9-14,18-19H2,1-2H3,(H,30,37)/t23-,27-/m0/s1. The predicted molar refractivity (Wildman–Crippen MR) is 146 cm³/mol. The van der Waals surface area contributed by atoms with Gasteiger partial charge in [0.25, 0.3) is 5.56 Å². The Balaban J connectivity index is 1.34. The first-order valence-corrected chi connectivity index (χ1v) is 13.6. The molecule has 0 amide bonds. The second-order valence-corrected chi connectivity index (χ2v) is 10.7. The molecule has 0 unspecified atom stereocenters. The number of fused-ring (bicyclic) bond motifs is 1. The lowest BCUT2D eigenvalue weighted by atomic mass is 9.99. The van der Waals surface area contributed by atoms with E-state index in [2.05, 4.69) is 86.6 Å². The minimum Gasteiger partial charge on any atom is -0.376 e. The SMILES string of the molecule is Cc1cc(C)c2cc([C@@H](c3nnnn3C[C@@H]3CCCO3)N3CCN(Cc4ccccc4)CC3)c(=O)[nH]c2c1. The summed E-state index contributed by atoms with van der Waals surface area (Å²) >= 11 is 0. The average molecular weight is 514 g/mol.